The highest BCUT2D eigenvalue weighted by Gasteiger charge is 2.50. The van der Waals surface area contributed by atoms with Gasteiger partial charge >= 0.3 is 0 Å². The second kappa shape index (κ2) is 6.80. The average molecular weight is 412 g/mol. The first-order valence-corrected chi connectivity index (χ1v) is 11.3. The predicted octanol–water partition coefficient (Wildman–Crippen LogP) is 4.78. The number of piperidine rings is 1. The van der Waals surface area contributed by atoms with Gasteiger partial charge in [-0.3, -0.25) is 4.79 Å². The van der Waals surface area contributed by atoms with Crippen LogP contribution in [-0.2, 0) is 4.79 Å². The normalized spacial score (nSPS) is 34.0. The van der Waals surface area contributed by atoms with E-state index in [-0.39, 0.29) is 17.0 Å². The first kappa shape index (κ1) is 19.0. The van der Waals surface area contributed by atoms with E-state index in [9.17, 15) is 4.79 Å². The molecule has 5 heteroatoms. The fraction of sp³-hybridized carbons (Fsp3) is 0.542. The molecule has 0 spiro atoms. The quantitative estimate of drug-likeness (QED) is 0.725. The van der Waals surface area contributed by atoms with Crippen molar-refractivity contribution in [2.45, 2.75) is 58.0 Å². The molecule has 29 heavy (non-hydrogen) atoms. The third kappa shape index (κ3) is 3.26. The van der Waals surface area contributed by atoms with Gasteiger partial charge < -0.3 is 15.1 Å². The molecule has 3 aliphatic heterocycles. The monoisotopic (exact) mass is 411 g/mol. The van der Waals surface area contributed by atoms with Crippen molar-refractivity contribution in [3.63, 3.8) is 0 Å². The van der Waals surface area contributed by atoms with Gasteiger partial charge in [-0.05, 0) is 63.7 Å². The van der Waals surface area contributed by atoms with Crippen LogP contribution < -0.4 is 5.32 Å². The summed E-state index contributed by atoms with van der Waals surface area (Å²) in [4.78, 5) is 17.5. The van der Waals surface area contributed by atoms with Crippen LogP contribution in [0, 0.1) is 11.3 Å². The Balaban J connectivity index is 1.52. The van der Waals surface area contributed by atoms with Crippen molar-refractivity contribution in [2.75, 3.05) is 13.1 Å². The molecule has 1 N–H and O–H groups in total. The second-order valence-electron chi connectivity index (χ2n) is 9.49. The number of hydrogen-bond donors (Lipinski definition) is 1. The second-order valence-corrected chi connectivity index (χ2v) is 9.93. The zero-order valence-electron chi connectivity index (χ0n) is 17.4. The van der Waals surface area contributed by atoms with E-state index in [2.05, 4.69) is 48.5 Å². The number of halogens is 1. The lowest BCUT2D eigenvalue weighted by Gasteiger charge is -2.42. The molecule has 2 unspecified atom stereocenters. The number of nitrogens with zero attached hydrogens (tertiary/aromatic N) is 2. The maximum Gasteiger partial charge on any atom is 0.255 e. The van der Waals surface area contributed by atoms with Crippen LogP contribution >= 0.6 is 11.6 Å². The van der Waals surface area contributed by atoms with E-state index in [1.54, 1.807) is 0 Å². The van der Waals surface area contributed by atoms with E-state index < -0.39 is 0 Å². The summed E-state index contributed by atoms with van der Waals surface area (Å²) in [5, 5.41) is 4.62. The number of nitrogens with one attached hydrogen (secondary N) is 1. The van der Waals surface area contributed by atoms with E-state index in [1.165, 1.54) is 30.7 Å². The molecule has 0 radical (unpaired) electrons. The Labute approximate surface area is 178 Å². The Hall–Kier alpha value is -1.94. The minimum atomic E-state index is -0.319. The van der Waals surface area contributed by atoms with Crippen molar-refractivity contribution >= 4 is 17.5 Å². The SMILES string of the molecule is CC1(C2=C(C3CC3)NC3(C)C=CC(C(=O)N4CCCCC4)=CN23)C=CC(Cl)=CC1. The molecule has 4 nitrogen and oxygen atoms in total. The first-order valence-electron chi connectivity index (χ1n) is 11.0. The molecule has 2 aliphatic carbocycles. The van der Waals surface area contributed by atoms with Crippen molar-refractivity contribution in [1.82, 2.24) is 15.1 Å². The topological polar surface area (TPSA) is 35.6 Å². The minimum absolute atomic E-state index is 0.137. The van der Waals surface area contributed by atoms with Gasteiger partial charge in [0.25, 0.3) is 5.91 Å². The third-order valence-electron chi connectivity index (χ3n) is 6.99. The highest BCUT2D eigenvalue weighted by molar-refractivity contribution is 6.31. The molecule has 1 amide bonds. The van der Waals surface area contributed by atoms with Gasteiger partial charge in [-0.2, -0.15) is 0 Å². The number of carbonyl (C=O) groups is 1. The lowest BCUT2D eigenvalue weighted by Crippen LogP contribution is -2.49. The van der Waals surface area contributed by atoms with Crippen molar-refractivity contribution in [1.29, 1.82) is 0 Å². The third-order valence-corrected chi connectivity index (χ3v) is 7.27. The number of rotatable bonds is 3. The van der Waals surface area contributed by atoms with Gasteiger partial charge in [0.05, 0.1) is 5.57 Å². The van der Waals surface area contributed by atoms with Crippen molar-refractivity contribution in [3.8, 4) is 0 Å². The Morgan fingerprint density at radius 2 is 1.90 bits per heavy atom. The molecule has 0 bridgehead atoms. The lowest BCUT2D eigenvalue weighted by atomic mass is 9.78. The summed E-state index contributed by atoms with van der Waals surface area (Å²) < 4.78 is 0. The van der Waals surface area contributed by atoms with Crippen molar-refractivity contribution < 1.29 is 4.79 Å². The molecular formula is C24H30ClN3O. The summed E-state index contributed by atoms with van der Waals surface area (Å²) in [5.41, 5.74) is 2.98. The van der Waals surface area contributed by atoms with E-state index in [4.69, 9.17) is 11.6 Å². The smallest absolute Gasteiger partial charge is 0.255 e. The Morgan fingerprint density at radius 1 is 1.14 bits per heavy atom. The lowest BCUT2D eigenvalue weighted by molar-refractivity contribution is -0.127. The van der Waals surface area contributed by atoms with Crippen LogP contribution in [0.3, 0.4) is 0 Å². The van der Waals surface area contributed by atoms with Crippen LogP contribution in [0.2, 0.25) is 0 Å². The molecular weight excluding hydrogens is 382 g/mol. The fourth-order valence-corrected chi connectivity index (χ4v) is 5.19. The van der Waals surface area contributed by atoms with Crippen LogP contribution in [-0.4, -0.2) is 34.5 Å². The maximum atomic E-state index is 13.2. The molecule has 2 atom stereocenters. The van der Waals surface area contributed by atoms with Crippen LogP contribution in [0.5, 0.6) is 0 Å². The van der Waals surface area contributed by atoms with Crippen LogP contribution in [0.25, 0.3) is 0 Å². The molecule has 0 aromatic rings. The number of fused-ring (bicyclic) bond motifs is 1. The van der Waals surface area contributed by atoms with Gasteiger partial charge in [-0.25, -0.2) is 0 Å². The van der Waals surface area contributed by atoms with E-state index in [0.717, 1.165) is 43.0 Å². The number of amides is 1. The highest BCUT2D eigenvalue weighted by Crippen LogP contribution is 2.52. The number of carbonyl (C=O) groups excluding carboxylic acids is 1. The standard InChI is InChI=1S/C24H30ClN3O/c1-23(11-9-19(25)10-12-23)21-20(17-6-7-17)26-24(2)13-8-18(16-28(21)24)22(29)27-14-4-3-5-15-27/h8-11,13,16-17,26H,3-7,12,14-15H2,1-2H3. The molecule has 5 aliphatic rings. The van der Waals surface area contributed by atoms with Gasteiger partial charge in [0.15, 0.2) is 0 Å². The fourth-order valence-electron chi connectivity index (χ4n) is 5.05. The zero-order valence-corrected chi connectivity index (χ0v) is 18.1. The molecule has 0 aromatic heterocycles. The van der Waals surface area contributed by atoms with Gasteiger partial charge in [-0.15, -0.1) is 0 Å². The molecule has 2 fully saturated rings. The van der Waals surface area contributed by atoms with Gasteiger partial charge in [0.2, 0.25) is 0 Å². The first-order chi connectivity index (χ1) is 13.9. The van der Waals surface area contributed by atoms with E-state index >= 15 is 0 Å². The number of hydrogen-bond acceptors (Lipinski definition) is 3. The molecule has 0 aromatic carbocycles. The molecule has 1 saturated carbocycles. The summed E-state index contributed by atoms with van der Waals surface area (Å²) in [6.45, 7) is 6.24. The molecule has 3 heterocycles. The Morgan fingerprint density at radius 3 is 2.55 bits per heavy atom. The van der Waals surface area contributed by atoms with Gasteiger partial charge in [-0.1, -0.05) is 30.7 Å². The Bertz CT molecular complexity index is 888. The maximum absolute atomic E-state index is 13.2. The minimum Gasteiger partial charge on any atom is -0.361 e. The van der Waals surface area contributed by atoms with E-state index in [1.807, 2.05) is 17.1 Å². The molecule has 5 rings (SSSR count). The molecule has 154 valence electrons. The Kier molecular flexibility index (Phi) is 4.47. The van der Waals surface area contributed by atoms with Crippen molar-refractivity contribution in [2.24, 2.45) is 11.3 Å². The van der Waals surface area contributed by atoms with Gasteiger partial charge in [0, 0.05) is 47.0 Å². The molecule has 1 saturated heterocycles. The summed E-state index contributed by atoms with van der Waals surface area (Å²) in [7, 11) is 0. The number of likely N-dealkylation sites (tertiary alicyclic amines) is 1. The summed E-state index contributed by atoms with van der Waals surface area (Å²) in [6.07, 6.45) is 19.4. The predicted molar refractivity (Wildman–Crippen MR) is 117 cm³/mol. The zero-order chi connectivity index (χ0) is 20.2. The van der Waals surface area contributed by atoms with Gasteiger partial charge in [0.1, 0.15) is 5.66 Å². The van der Waals surface area contributed by atoms with Crippen LogP contribution in [0.1, 0.15) is 52.4 Å². The van der Waals surface area contributed by atoms with Crippen molar-refractivity contribution in [3.05, 3.63) is 58.6 Å². The number of allylic oxidation sites excluding steroid dienone is 5. The summed E-state index contributed by atoms with van der Waals surface area (Å²) in [6, 6.07) is 0. The summed E-state index contributed by atoms with van der Waals surface area (Å²) in [5.74, 6) is 0.761. The largest absolute Gasteiger partial charge is 0.361 e. The van der Waals surface area contributed by atoms with Crippen LogP contribution in [0.4, 0.5) is 0 Å². The highest BCUT2D eigenvalue weighted by atomic mass is 35.5. The average Bonchev–Trinajstić information content (AvgIpc) is 3.52. The summed E-state index contributed by atoms with van der Waals surface area (Å²) >= 11 is 6.23. The van der Waals surface area contributed by atoms with E-state index in [0.29, 0.717) is 5.92 Å². The van der Waals surface area contributed by atoms with Crippen LogP contribution in [0.15, 0.2) is 58.6 Å².